The highest BCUT2D eigenvalue weighted by Gasteiger charge is 2.46. The quantitative estimate of drug-likeness (QED) is 0.111. The molecular formula is C47H75N7O13. The van der Waals surface area contributed by atoms with E-state index < -0.39 is 122 Å². The number of benzene rings is 1. The van der Waals surface area contributed by atoms with E-state index in [2.05, 4.69) is 10.6 Å². The van der Waals surface area contributed by atoms with E-state index in [9.17, 15) is 53.7 Å². The van der Waals surface area contributed by atoms with Crippen molar-refractivity contribution in [1.29, 1.82) is 0 Å². The Morgan fingerprint density at radius 1 is 0.836 bits per heavy atom. The van der Waals surface area contributed by atoms with Crippen molar-refractivity contribution in [3.05, 3.63) is 35.9 Å². The number of nitrogens with one attached hydrogen (secondary N) is 2. The molecule has 0 aliphatic carbocycles. The molecule has 0 radical (unpaired) electrons. The molecule has 2 aliphatic heterocycles. The number of aliphatic hydroxyl groups excluding tert-OH is 3. The van der Waals surface area contributed by atoms with Gasteiger partial charge in [-0.2, -0.15) is 0 Å². The van der Waals surface area contributed by atoms with Gasteiger partial charge < -0.3 is 59.9 Å². The predicted octanol–water partition coefficient (Wildman–Crippen LogP) is 0.394. The summed E-state index contributed by atoms with van der Waals surface area (Å²) in [7, 11) is 0. The van der Waals surface area contributed by atoms with Gasteiger partial charge in [0.15, 0.2) is 6.23 Å². The molecule has 1 aromatic carbocycles. The first-order valence-electron chi connectivity index (χ1n) is 23.1. The number of rotatable bonds is 20. The monoisotopic (exact) mass is 946 g/mol. The van der Waals surface area contributed by atoms with Gasteiger partial charge in [-0.3, -0.25) is 38.4 Å². The number of hydrogen-bond donors (Lipinski definition) is 5. The fourth-order valence-corrected chi connectivity index (χ4v) is 7.86. The van der Waals surface area contributed by atoms with Crippen molar-refractivity contribution < 1.29 is 63.1 Å². The number of carbonyl (C=O) groups is 8. The third-order valence-electron chi connectivity index (χ3n) is 11.3. The Kier molecular flexibility index (Phi) is 20.7. The lowest BCUT2D eigenvalue weighted by atomic mass is 9.93. The zero-order valence-electron chi connectivity index (χ0n) is 41.2. The van der Waals surface area contributed by atoms with Gasteiger partial charge in [-0.05, 0) is 58.4 Å². The van der Waals surface area contributed by atoms with Crippen LogP contribution in [0, 0.1) is 11.3 Å². The Balaban J connectivity index is 2.04. The van der Waals surface area contributed by atoms with Crippen molar-refractivity contribution in [2.24, 2.45) is 11.3 Å². The van der Waals surface area contributed by atoms with E-state index >= 15 is 0 Å². The van der Waals surface area contributed by atoms with Gasteiger partial charge in [-0.1, -0.05) is 71.9 Å². The van der Waals surface area contributed by atoms with Crippen molar-refractivity contribution in [2.75, 3.05) is 52.4 Å². The molecule has 3 rings (SSSR count). The summed E-state index contributed by atoms with van der Waals surface area (Å²) in [5, 5.41) is 36.1. The summed E-state index contributed by atoms with van der Waals surface area (Å²) in [6.07, 6.45) is -4.91. The Labute approximate surface area is 394 Å². The fraction of sp³-hybridized carbons (Fsp3) is 0.702. The van der Waals surface area contributed by atoms with Crippen molar-refractivity contribution >= 4 is 47.3 Å². The standard InChI is InChI=1S/C47H75N7O13/c1-12-30(4)54(45(65)46(6,7)8)26-38(60)53-20-16-19-33(53)44(64)52(22-32-17-14-13-15-18-32)25-37(59)51(24-36(58)50(21-29(2)3)27-39(61)67-47(9,10)11)23-35(57)49-43-40(48-31(5)56)42(63)41(62)34(28-55)66-43/h13-15,17-18,29-30,33-34,40-43,55,62-63H,12,16,19-28H2,1-11H3,(H,48,56)(H,49,57)/t30-,33-,34+,40+,41+,42+,43+/m0/s1. The molecule has 0 saturated carbocycles. The highest BCUT2D eigenvalue weighted by atomic mass is 16.6. The first-order valence-corrected chi connectivity index (χ1v) is 23.1. The maximum absolute atomic E-state index is 14.8. The van der Waals surface area contributed by atoms with Crippen LogP contribution in [0.5, 0.6) is 0 Å². The highest BCUT2D eigenvalue weighted by molar-refractivity contribution is 5.95. The van der Waals surface area contributed by atoms with E-state index in [1.807, 2.05) is 27.7 Å². The van der Waals surface area contributed by atoms with Crippen molar-refractivity contribution in [3.63, 3.8) is 0 Å². The molecule has 20 nitrogen and oxygen atoms in total. The second-order valence-electron chi connectivity index (χ2n) is 19.9. The predicted molar refractivity (Wildman–Crippen MR) is 245 cm³/mol. The second-order valence-corrected chi connectivity index (χ2v) is 19.9. The number of carbonyl (C=O) groups excluding carboxylic acids is 8. The minimum atomic E-state index is -1.70. The van der Waals surface area contributed by atoms with Crippen LogP contribution in [0.1, 0.15) is 101 Å². The largest absolute Gasteiger partial charge is 0.459 e. The molecule has 7 atom stereocenters. The smallest absolute Gasteiger partial charge is 0.326 e. The van der Waals surface area contributed by atoms with Gasteiger partial charge in [-0.25, -0.2) is 0 Å². The van der Waals surface area contributed by atoms with Crippen LogP contribution >= 0.6 is 0 Å². The molecule has 2 heterocycles. The molecule has 1 aromatic rings. The molecule has 20 heteroatoms. The molecule has 0 spiro atoms. The summed E-state index contributed by atoms with van der Waals surface area (Å²) in [5.41, 5.74) is -1.01. The molecule has 0 unspecified atom stereocenters. The van der Waals surface area contributed by atoms with Gasteiger partial charge in [0.2, 0.25) is 41.4 Å². The summed E-state index contributed by atoms with van der Waals surface area (Å²) in [6.45, 7) is 15.3. The minimum Gasteiger partial charge on any atom is -0.459 e. The fourth-order valence-electron chi connectivity index (χ4n) is 7.86. The number of likely N-dealkylation sites (tertiary alicyclic amines) is 1. The first kappa shape index (κ1) is 56.1. The van der Waals surface area contributed by atoms with Gasteiger partial charge in [0.1, 0.15) is 68.7 Å². The Bertz CT molecular complexity index is 1890. The topological polar surface area (TPSA) is 256 Å². The lowest BCUT2D eigenvalue weighted by Gasteiger charge is -2.42. The highest BCUT2D eigenvalue weighted by Crippen LogP contribution is 2.25. The van der Waals surface area contributed by atoms with E-state index in [1.54, 1.807) is 71.9 Å². The summed E-state index contributed by atoms with van der Waals surface area (Å²) in [6, 6.07) is 6.12. The van der Waals surface area contributed by atoms with Gasteiger partial charge in [-0.15, -0.1) is 0 Å². The van der Waals surface area contributed by atoms with Crippen molar-refractivity contribution in [2.45, 2.75) is 150 Å². The number of aliphatic hydroxyl groups is 3. The lowest BCUT2D eigenvalue weighted by Crippen LogP contribution is -2.68. The summed E-state index contributed by atoms with van der Waals surface area (Å²) in [4.78, 5) is 117. The van der Waals surface area contributed by atoms with Crippen molar-refractivity contribution in [1.82, 2.24) is 35.1 Å². The molecule has 5 N–H and O–H groups in total. The maximum atomic E-state index is 14.8. The van der Waals surface area contributed by atoms with Crippen LogP contribution in [-0.2, 0) is 54.4 Å². The molecule has 67 heavy (non-hydrogen) atoms. The second kappa shape index (κ2) is 24.7. The number of hydrogen-bond acceptors (Lipinski definition) is 13. The Hall–Kier alpha value is -5.18. The molecule has 2 fully saturated rings. The Morgan fingerprint density at radius 2 is 1.45 bits per heavy atom. The van der Waals surface area contributed by atoms with E-state index in [0.717, 1.165) is 11.8 Å². The zero-order chi connectivity index (χ0) is 50.6. The molecule has 2 aliphatic rings. The van der Waals surface area contributed by atoms with Crippen LogP contribution in [0.15, 0.2) is 30.3 Å². The molecular weight excluding hydrogens is 871 g/mol. The molecule has 0 bridgehead atoms. The van der Waals surface area contributed by atoms with E-state index in [1.165, 1.54) is 19.6 Å². The molecule has 0 aromatic heterocycles. The number of amides is 7. The van der Waals surface area contributed by atoms with Crippen LogP contribution < -0.4 is 10.6 Å². The summed E-state index contributed by atoms with van der Waals surface area (Å²) >= 11 is 0. The van der Waals surface area contributed by atoms with Crippen LogP contribution in [-0.4, -0.2) is 188 Å². The van der Waals surface area contributed by atoms with Gasteiger partial charge >= 0.3 is 5.97 Å². The van der Waals surface area contributed by atoms with Gasteiger partial charge in [0.05, 0.1) is 6.61 Å². The normalized spacial score (nSPS) is 21.2. The van der Waals surface area contributed by atoms with Crippen LogP contribution in [0.3, 0.4) is 0 Å². The summed E-state index contributed by atoms with van der Waals surface area (Å²) in [5.74, 6) is -5.25. The molecule has 2 saturated heterocycles. The third kappa shape index (κ3) is 16.8. The zero-order valence-corrected chi connectivity index (χ0v) is 41.2. The van der Waals surface area contributed by atoms with Crippen LogP contribution in [0.4, 0.5) is 0 Å². The number of nitrogens with zero attached hydrogens (tertiary/aromatic N) is 5. The summed E-state index contributed by atoms with van der Waals surface area (Å²) < 4.78 is 11.1. The average Bonchev–Trinajstić information content (AvgIpc) is 3.73. The lowest BCUT2D eigenvalue weighted by molar-refractivity contribution is -0.203. The first-order chi connectivity index (χ1) is 31.2. The number of esters is 1. The van der Waals surface area contributed by atoms with Gasteiger partial charge in [0, 0.05) is 38.0 Å². The maximum Gasteiger partial charge on any atom is 0.326 e. The average molecular weight is 946 g/mol. The third-order valence-corrected chi connectivity index (χ3v) is 11.3. The van der Waals surface area contributed by atoms with Gasteiger partial charge in [0.25, 0.3) is 0 Å². The van der Waals surface area contributed by atoms with Crippen molar-refractivity contribution in [3.8, 4) is 0 Å². The number of ether oxygens (including phenoxy) is 2. The van der Waals surface area contributed by atoms with Crippen LogP contribution in [0.25, 0.3) is 0 Å². The molecule has 376 valence electrons. The van der Waals surface area contributed by atoms with Crippen LogP contribution in [0.2, 0.25) is 0 Å². The van der Waals surface area contributed by atoms with E-state index in [0.29, 0.717) is 18.4 Å². The van der Waals surface area contributed by atoms with E-state index in [4.69, 9.17) is 9.47 Å². The minimum absolute atomic E-state index is 0.0728. The van der Waals surface area contributed by atoms with E-state index in [-0.39, 0.29) is 50.5 Å². The SMILES string of the molecule is CC[C@H](C)N(CC(=O)N1CCC[C@H]1C(=O)N(CC(=O)N(CC(=O)N[C@@H]1O[C@H](CO)[C@@H](O)[C@H](O)[C@H]1NC(C)=O)CC(=O)N(CC(=O)OC(C)(C)C)CC(C)C)Cc1ccccc1)C(=O)C(C)(C)C. The molecule has 7 amide bonds. The Morgan fingerprint density at radius 3 is 2.00 bits per heavy atom.